The molecule has 4 rings (SSSR count). The molecule has 2 N–H and O–H groups in total. The standard InChI is InChI=1S/C18H22N4O3/c23-16(15-6-3-10-21(15)17(24)12-7-8-12)19-9-11-22-14-5-2-1-4-13(14)20-18(22)25/h1-2,4-5,12,15H,3,6-11H2,(H,19,23)(H,20,25). The lowest BCUT2D eigenvalue weighted by Crippen LogP contribution is -2.47. The van der Waals surface area contributed by atoms with Crippen LogP contribution in [0.5, 0.6) is 0 Å². The van der Waals surface area contributed by atoms with E-state index in [1.807, 2.05) is 24.3 Å². The zero-order valence-corrected chi connectivity index (χ0v) is 14.0. The van der Waals surface area contributed by atoms with Crippen LogP contribution in [0.2, 0.25) is 0 Å². The maximum Gasteiger partial charge on any atom is 0.326 e. The Balaban J connectivity index is 1.37. The highest BCUT2D eigenvalue weighted by molar-refractivity contribution is 5.90. The molecule has 2 fully saturated rings. The molecule has 0 spiro atoms. The van der Waals surface area contributed by atoms with Crippen molar-refractivity contribution in [1.29, 1.82) is 0 Å². The molecule has 2 aromatic rings. The first-order valence-electron chi connectivity index (χ1n) is 8.91. The molecule has 1 atom stereocenters. The lowest BCUT2D eigenvalue weighted by Gasteiger charge is -2.24. The van der Waals surface area contributed by atoms with Gasteiger partial charge >= 0.3 is 5.69 Å². The van der Waals surface area contributed by atoms with Crippen molar-refractivity contribution in [3.8, 4) is 0 Å². The second-order valence-electron chi connectivity index (χ2n) is 6.85. The van der Waals surface area contributed by atoms with E-state index in [0.717, 1.165) is 36.7 Å². The molecular weight excluding hydrogens is 320 g/mol. The summed E-state index contributed by atoms with van der Waals surface area (Å²) in [6, 6.07) is 7.13. The largest absolute Gasteiger partial charge is 0.353 e. The maximum atomic E-state index is 12.5. The van der Waals surface area contributed by atoms with Crippen LogP contribution in [-0.4, -0.2) is 45.4 Å². The van der Waals surface area contributed by atoms with Gasteiger partial charge in [-0.15, -0.1) is 0 Å². The fraction of sp³-hybridized carbons (Fsp3) is 0.500. The number of carbonyl (C=O) groups excluding carboxylic acids is 2. The number of H-pyrrole nitrogens is 1. The van der Waals surface area contributed by atoms with E-state index >= 15 is 0 Å². The van der Waals surface area contributed by atoms with Gasteiger partial charge in [0.1, 0.15) is 6.04 Å². The highest BCUT2D eigenvalue weighted by Gasteiger charge is 2.40. The molecule has 7 nitrogen and oxygen atoms in total. The highest BCUT2D eigenvalue weighted by Crippen LogP contribution is 2.33. The Bertz CT molecular complexity index is 865. The van der Waals surface area contributed by atoms with Crippen LogP contribution >= 0.6 is 0 Å². The summed E-state index contributed by atoms with van der Waals surface area (Å²) in [5.74, 6) is 0.156. The number of likely N-dealkylation sites (tertiary alicyclic amines) is 1. The molecule has 2 heterocycles. The number of carbonyl (C=O) groups is 2. The average Bonchev–Trinajstić information content (AvgIpc) is 3.25. The lowest BCUT2D eigenvalue weighted by atomic mass is 10.2. The summed E-state index contributed by atoms with van der Waals surface area (Å²) < 4.78 is 1.62. The van der Waals surface area contributed by atoms with E-state index in [9.17, 15) is 14.4 Å². The van der Waals surface area contributed by atoms with E-state index in [0.29, 0.717) is 19.6 Å². The summed E-state index contributed by atoms with van der Waals surface area (Å²) >= 11 is 0. The van der Waals surface area contributed by atoms with Crippen LogP contribution in [0.4, 0.5) is 0 Å². The summed E-state index contributed by atoms with van der Waals surface area (Å²) in [6.07, 6.45) is 3.50. The van der Waals surface area contributed by atoms with Gasteiger partial charge in [-0.25, -0.2) is 4.79 Å². The zero-order chi connectivity index (χ0) is 17.4. The maximum absolute atomic E-state index is 12.5. The Morgan fingerprint density at radius 2 is 2.00 bits per heavy atom. The Labute approximate surface area is 145 Å². The summed E-state index contributed by atoms with van der Waals surface area (Å²) in [5, 5.41) is 2.89. The van der Waals surface area contributed by atoms with Crippen LogP contribution in [-0.2, 0) is 16.1 Å². The van der Waals surface area contributed by atoms with Crippen molar-refractivity contribution in [2.24, 2.45) is 5.92 Å². The third-order valence-electron chi connectivity index (χ3n) is 5.08. The first-order chi connectivity index (χ1) is 12.1. The fourth-order valence-electron chi connectivity index (χ4n) is 3.61. The quantitative estimate of drug-likeness (QED) is 0.844. The topological polar surface area (TPSA) is 87.2 Å². The number of aromatic nitrogens is 2. The monoisotopic (exact) mass is 342 g/mol. The molecular formula is C18H22N4O3. The van der Waals surface area contributed by atoms with Gasteiger partial charge < -0.3 is 15.2 Å². The van der Waals surface area contributed by atoms with Gasteiger partial charge in [0.05, 0.1) is 11.0 Å². The molecule has 1 aromatic heterocycles. The first-order valence-corrected chi connectivity index (χ1v) is 8.91. The molecule has 25 heavy (non-hydrogen) atoms. The molecule has 1 saturated carbocycles. The Hall–Kier alpha value is -2.57. The Morgan fingerprint density at radius 3 is 2.80 bits per heavy atom. The molecule has 132 valence electrons. The van der Waals surface area contributed by atoms with E-state index in [4.69, 9.17) is 0 Å². The molecule has 2 amide bonds. The smallest absolute Gasteiger partial charge is 0.326 e. The molecule has 2 aliphatic rings. The normalized spacial score (nSPS) is 20.2. The van der Waals surface area contributed by atoms with Gasteiger partial charge in [0.25, 0.3) is 0 Å². The molecule has 0 bridgehead atoms. The molecule has 1 unspecified atom stereocenters. The summed E-state index contributed by atoms with van der Waals surface area (Å²) in [6.45, 7) is 1.44. The average molecular weight is 342 g/mol. The van der Waals surface area contributed by atoms with E-state index in [1.54, 1.807) is 9.47 Å². The van der Waals surface area contributed by atoms with Crippen LogP contribution in [0.1, 0.15) is 25.7 Å². The summed E-state index contributed by atoms with van der Waals surface area (Å²) in [7, 11) is 0. The number of hydrogen-bond donors (Lipinski definition) is 2. The van der Waals surface area contributed by atoms with Crippen molar-refractivity contribution in [2.45, 2.75) is 38.3 Å². The number of amides is 2. The predicted molar refractivity (Wildman–Crippen MR) is 93.0 cm³/mol. The number of nitrogens with zero attached hydrogens (tertiary/aromatic N) is 2. The van der Waals surface area contributed by atoms with Crippen LogP contribution in [0.25, 0.3) is 11.0 Å². The highest BCUT2D eigenvalue weighted by atomic mass is 16.2. The predicted octanol–water partition coefficient (Wildman–Crippen LogP) is 0.847. The third-order valence-corrected chi connectivity index (χ3v) is 5.08. The second kappa shape index (κ2) is 6.38. The van der Waals surface area contributed by atoms with Crippen molar-refractivity contribution < 1.29 is 9.59 Å². The number of nitrogens with one attached hydrogen (secondary N) is 2. The van der Waals surface area contributed by atoms with E-state index < -0.39 is 0 Å². The minimum atomic E-state index is -0.354. The number of aromatic amines is 1. The van der Waals surface area contributed by atoms with Crippen LogP contribution in [0.15, 0.2) is 29.1 Å². The number of para-hydroxylation sites is 2. The van der Waals surface area contributed by atoms with Gasteiger partial charge in [-0.3, -0.25) is 14.2 Å². The third kappa shape index (κ3) is 3.06. The molecule has 1 aliphatic heterocycles. The first kappa shape index (κ1) is 15.9. The van der Waals surface area contributed by atoms with Crippen molar-refractivity contribution in [3.63, 3.8) is 0 Å². The van der Waals surface area contributed by atoms with Crippen LogP contribution < -0.4 is 11.0 Å². The van der Waals surface area contributed by atoms with Crippen LogP contribution in [0, 0.1) is 5.92 Å². The summed E-state index contributed by atoms with van der Waals surface area (Å²) in [5.41, 5.74) is 1.44. The minimum absolute atomic E-state index is 0.112. The Morgan fingerprint density at radius 1 is 1.20 bits per heavy atom. The van der Waals surface area contributed by atoms with Gasteiger partial charge in [-0.05, 0) is 37.8 Å². The van der Waals surface area contributed by atoms with E-state index in [1.165, 1.54) is 0 Å². The van der Waals surface area contributed by atoms with E-state index in [-0.39, 0.29) is 29.5 Å². The number of rotatable bonds is 5. The zero-order valence-electron chi connectivity index (χ0n) is 14.0. The number of hydrogen-bond acceptors (Lipinski definition) is 3. The molecule has 1 aliphatic carbocycles. The number of fused-ring (bicyclic) bond motifs is 1. The minimum Gasteiger partial charge on any atom is -0.353 e. The molecule has 1 aromatic carbocycles. The van der Waals surface area contributed by atoms with E-state index in [2.05, 4.69) is 10.3 Å². The summed E-state index contributed by atoms with van der Waals surface area (Å²) in [4.78, 5) is 41.3. The van der Waals surface area contributed by atoms with Crippen molar-refractivity contribution in [2.75, 3.05) is 13.1 Å². The SMILES string of the molecule is O=C(NCCn1c(=O)[nH]c2ccccc21)C1CCCN1C(=O)C1CC1. The van der Waals surface area contributed by atoms with Crippen molar-refractivity contribution in [3.05, 3.63) is 34.7 Å². The van der Waals surface area contributed by atoms with Gasteiger partial charge in [0, 0.05) is 25.6 Å². The molecule has 0 radical (unpaired) electrons. The number of benzene rings is 1. The molecule has 7 heteroatoms. The van der Waals surface area contributed by atoms with Crippen molar-refractivity contribution >= 4 is 22.8 Å². The van der Waals surface area contributed by atoms with Gasteiger partial charge in [0.2, 0.25) is 11.8 Å². The Kier molecular flexibility index (Phi) is 4.07. The van der Waals surface area contributed by atoms with Crippen LogP contribution in [0.3, 0.4) is 0 Å². The fourth-order valence-corrected chi connectivity index (χ4v) is 3.61. The van der Waals surface area contributed by atoms with Gasteiger partial charge in [-0.1, -0.05) is 12.1 Å². The lowest BCUT2D eigenvalue weighted by molar-refractivity contribution is -0.139. The van der Waals surface area contributed by atoms with Gasteiger partial charge in [-0.2, -0.15) is 0 Å². The number of imidazole rings is 1. The van der Waals surface area contributed by atoms with Crippen molar-refractivity contribution in [1.82, 2.24) is 19.8 Å². The second-order valence-corrected chi connectivity index (χ2v) is 6.85. The van der Waals surface area contributed by atoms with Gasteiger partial charge in [0.15, 0.2) is 0 Å². The molecule has 1 saturated heterocycles.